The molecule has 3 rings (SSSR count). The van der Waals surface area contributed by atoms with Crippen LogP contribution in [-0.2, 0) is 11.2 Å². The van der Waals surface area contributed by atoms with Crippen molar-refractivity contribution in [1.29, 1.82) is 0 Å². The molecule has 4 N–H and O–H groups in total. The van der Waals surface area contributed by atoms with Crippen LogP contribution >= 0.6 is 0 Å². The summed E-state index contributed by atoms with van der Waals surface area (Å²) in [6.45, 7) is 0. The van der Waals surface area contributed by atoms with Gasteiger partial charge in [0, 0.05) is 16.3 Å². The Bertz CT molecular complexity index is 868. The van der Waals surface area contributed by atoms with Crippen LogP contribution in [0.3, 0.4) is 0 Å². The molecule has 0 aliphatic rings. The quantitative estimate of drug-likeness (QED) is 0.282. The van der Waals surface area contributed by atoms with Gasteiger partial charge < -0.3 is 4.98 Å². The van der Waals surface area contributed by atoms with Crippen molar-refractivity contribution in [1.82, 2.24) is 10.4 Å². The number of para-hydroxylation sites is 1. The average molecular weight is 267 g/mol. The first kappa shape index (κ1) is 12.4. The Hall–Kier alpha value is -2.66. The van der Waals surface area contributed by atoms with Crippen LogP contribution in [0.4, 0.5) is 0 Å². The molecule has 0 aliphatic carbocycles. The van der Waals surface area contributed by atoms with Gasteiger partial charge in [-0.25, -0.2) is 5.84 Å². The van der Waals surface area contributed by atoms with Gasteiger partial charge >= 0.3 is 0 Å². The molecular weight excluding hydrogens is 254 g/mol. The lowest BCUT2D eigenvalue weighted by Crippen LogP contribution is -2.31. The third kappa shape index (κ3) is 1.94. The van der Waals surface area contributed by atoms with Crippen molar-refractivity contribution in [3.63, 3.8) is 0 Å². The van der Waals surface area contributed by atoms with Crippen LogP contribution in [0.25, 0.3) is 21.8 Å². The number of nitrogens with one attached hydrogen (secondary N) is 2. The first-order chi connectivity index (χ1) is 9.70. The number of fused-ring (bicyclic) bond motifs is 2. The third-order valence-corrected chi connectivity index (χ3v) is 3.33. The maximum atomic E-state index is 12.6. The Kier molecular flexibility index (Phi) is 2.96. The van der Waals surface area contributed by atoms with Crippen LogP contribution in [0.1, 0.15) is 5.56 Å². The molecule has 0 aliphatic heterocycles. The number of carbonyl (C=O) groups excluding carboxylic acids is 1. The van der Waals surface area contributed by atoms with E-state index in [1.54, 1.807) is 12.1 Å². The van der Waals surface area contributed by atoms with Crippen LogP contribution in [-0.4, -0.2) is 10.9 Å². The average Bonchev–Trinajstić information content (AvgIpc) is 2.47. The number of amides is 1. The van der Waals surface area contributed by atoms with Gasteiger partial charge in [0.05, 0.1) is 11.9 Å². The molecule has 2 aromatic carbocycles. The van der Waals surface area contributed by atoms with E-state index in [1.165, 1.54) is 0 Å². The molecule has 0 radical (unpaired) electrons. The third-order valence-electron chi connectivity index (χ3n) is 3.33. The van der Waals surface area contributed by atoms with E-state index < -0.39 is 0 Å². The van der Waals surface area contributed by atoms with Gasteiger partial charge in [0.1, 0.15) is 0 Å². The summed E-state index contributed by atoms with van der Waals surface area (Å²) in [6, 6.07) is 12.7. The van der Waals surface area contributed by atoms with Crippen molar-refractivity contribution in [2.75, 3.05) is 0 Å². The van der Waals surface area contributed by atoms with Gasteiger partial charge in [-0.15, -0.1) is 0 Å². The molecule has 20 heavy (non-hydrogen) atoms. The van der Waals surface area contributed by atoms with Gasteiger partial charge in [0.2, 0.25) is 5.91 Å². The molecule has 1 aromatic heterocycles. The fourth-order valence-corrected chi connectivity index (χ4v) is 2.41. The number of benzene rings is 2. The number of aromatic amines is 1. The molecule has 0 fully saturated rings. The largest absolute Gasteiger partial charge is 0.354 e. The zero-order valence-electron chi connectivity index (χ0n) is 10.6. The number of rotatable bonds is 2. The Morgan fingerprint density at radius 3 is 2.65 bits per heavy atom. The van der Waals surface area contributed by atoms with Gasteiger partial charge in [-0.3, -0.25) is 15.0 Å². The molecule has 0 atom stereocenters. The summed E-state index contributed by atoms with van der Waals surface area (Å²) in [4.78, 5) is 27.3. The maximum absolute atomic E-state index is 12.6. The van der Waals surface area contributed by atoms with E-state index in [2.05, 4.69) is 10.4 Å². The van der Waals surface area contributed by atoms with E-state index in [1.807, 2.05) is 30.3 Å². The van der Waals surface area contributed by atoms with Gasteiger partial charge in [-0.05, 0) is 23.8 Å². The summed E-state index contributed by atoms with van der Waals surface area (Å²) in [7, 11) is 0. The molecule has 5 heteroatoms. The SMILES string of the molecule is NNC(=O)Cc1cccc2[nH]c3ccccc3c(=O)c12. The molecule has 0 saturated carbocycles. The van der Waals surface area contributed by atoms with E-state index in [9.17, 15) is 9.59 Å². The highest BCUT2D eigenvalue weighted by molar-refractivity contribution is 5.95. The van der Waals surface area contributed by atoms with E-state index in [4.69, 9.17) is 5.84 Å². The van der Waals surface area contributed by atoms with Crippen molar-refractivity contribution in [3.8, 4) is 0 Å². The first-order valence-corrected chi connectivity index (χ1v) is 6.23. The van der Waals surface area contributed by atoms with Crippen molar-refractivity contribution in [2.45, 2.75) is 6.42 Å². The number of pyridine rings is 1. The maximum Gasteiger partial charge on any atom is 0.238 e. The normalized spacial score (nSPS) is 10.8. The summed E-state index contributed by atoms with van der Waals surface area (Å²) in [6.07, 6.45) is 0.0786. The van der Waals surface area contributed by atoms with Crippen LogP contribution in [0, 0.1) is 0 Å². The van der Waals surface area contributed by atoms with E-state index in [0.717, 1.165) is 11.0 Å². The zero-order chi connectivity index (χ0) is 14.1. The summed E-state index contributed by atoms with van der Waals surface area (Å²) < 4.78 is 0. The molecule has 0 spiro atoms. The number of hydrogen-bond acceptors (Lipinski definition) is 3. The fourth-order valence-electron chi connectivity index (χ4n) is 2.41. The highest BCUT2D eigenvalue weighted by Crippen LogP contribution is 2.18. The molecule has 0 bridgehead atoms. The second-order valence-corrected chi connectivity index (χ2v) is 4.58. The standard InChI is InChI=1S/C15H13N3O2/c16-18-13(19)8-9-4-3-7-12-14(9)15(20)10-5-1-2-6-11(10)17-12/h1-7H,8,16H2,(H,17,20)(H,18,19). The van der Waals surface area contributed by atoms with Crippen molar-refractivity contribution in [3.05, 3.63) is 58.3 Å². The van der Waals surface area contributed by atoms with E-state index >= 15 is 0 Å². The zero-order valence-corrected chi connectivity index (χ0v) is 10.6. The van der Waals surface area contributed by atoms with E-state index in [-0.39, 0.29) is 17.8 Å². The smallest absolute Gasteiger partial charge is 0.238 e. The molecule has 1 amide bonds. The highest BCUT2D eigenvalue weighted by Gasteiger charge is 2.11. The molecule has 5 nitrogen and oxygen atoms in total. The number of nitrogens with two attached hydrogens (primary N) is 1. The second kappa shape index (κ2) is 4.79. The fraction of sp³-hybridized carbons (Fsp3) is 0.0667. The number of aromatic nitrogens is 1. The predicted octanol–water partition coefficient (Wildman–Crippen LogP) is 1.21. The van der Waals surface area contributed by atoms with Gasteiger partial charge in [-0.2, -0.15) is 0 Å². The highest BCUT2D eigenvalue weighted by atomic mass is 16.2. The van der Waals surface area contributed by atoms with Crippen molar-refractivity contribution < 1.29 is 4.79 Å². The minimum atomic E-state index is -0.329. The van der Waals surface area contributed by atoms with Crippen molar-refractivity contribution in [2.24, 2.45) is 5.84 Å². The predicted molar refractivity (Wildman–Crippen MR) is 78.1 cm³/mol. The van der Waals surface area contributed by atoms with Crippen LogP contribution in [0.5, 0.6) is 0 Å². The molecule has 1 heterocycles. The second-order valence-electron chi connectivity index (χ2n) is 4.58. The molecular formula is C15H13N3O2. The van der Waals surface area contributed by atoms with Gasteiger partial charge in [0.25, 0.3) is 0 Å². The molecule has 0 saturated heterocycles. The lowest BCUT2D eigenvalue weighted by atomic mass is 10.0. The Labute approximate surface area is 114 Å². The number of H-pyrrole nitrogens is 1. The lowest BCUT2D eigenvalue weighted by Gasteiger charge is -2.07. The summed E-state index contributed by atoms with van der Waals surface area (Å²) in [5, 5.41) is 1.15. The summed E-state index contributed by atoms with van der Waals surface area (Å²) in [5.74, 6) is 4.78. The Morgan fingerprint density at radius 2 is 1.85 bits per heavy atom. The number of hydrogen-bond donors (Lipinski definition) is 3. The topological polar surface area (TPSA) is 88.0 Å². The van der Waals surface area contributed by atoms with Gasteiger partial charge in [-0.1, -0.05) is 24.3 Å². The van der Waals surface area contributed by atoms with E-state index in [0.29, 0.717) is 16.3 Å². The summed E-state index contributed by atoms with van der Waals surface area (Å²) >= 11 is 0. The minimum Gasteiger partial charge on any atom is -0.354 e. The van der Waals surface area contributed by atoms with Crippen molar-refractivity contribution >= 4 is 27.7 Å². The minimum absolute atomic E-state index is 0.0743. The Morgan fingerprint density at radius 1 is 1.10 bits per heavy atom. The number of hydrazine groups is 1. The molecule has 3 aromatic rings. The first-order valence-electron chi connectivity index (χ1n) is 6.23. The summed E-state index contributed by atoms with van der Waals surface area (Å²) in [5.41, 5.74) is 4.17. The number of carbonyl (C=O) groups is 1. The molecule has 0 unspecified atom stereocenters. The van der Waals surface area contributed by atoms with Gasteiger partial charge in [0.15, 0.2) is 5.43 Å². The molecule has 100 valence electrons. The van der Waals surface area contributed by atoms with Crippen LogP contribution < -0.4 is 16.7 Å². The Balaban J connectivity index is 2.35. The lowest BCUT2D eigenvalue weighted by molar-refractivity contribution is -0.120. The van der Waals surface area contributed by atoms with Crippen LogP contribution in [0.15, 0.2) is 47.3 Å². The van der Waals surface area contributed by atoms with Crippen LogP contribution in [0.2, 0.25) is 0 Å². The monoisotopic (exact) mass is 267 g/mol.